The van der Waals surface area contributed by atoms with E-state index in [2.05, 4.69) is 62.9 Å². The van der Waals surface area contributed by atoms with Crippen LogP contribution in [0.2, 0.25) is 0 Å². The van der Waals surface area contributed by atoms with E-state index in [0.717, 1.165) is 16.6 Å². The third-order valence-electron chi connectivity index (χ3n) is 2.92. The highest BCUT2D eigenvalue weighted by Gasteiger charge is 2.08. The van der Waals surface area contributed by atoms with Crippen molar-refractivity contribution in [3.8, 4) is 0 Å². The number of anilines is 1. The van der Waals surface area contributed by atoms with Gasteiger partial charge >= 0.3 is 0 Å². The zero-order valence-electron chi connectivity index (χ0n) is 10.6. The van der Waals surface area contributed by atoms with E-state index in [-0.39, 0.29) is 6.04 Å². The first-order valence-electron chi connectivity index (χ1n) is 5.85. The number of nitrogens with two attached hydrogens (primary N) is 1. The highest BCUT2D eigenvalue weighted by atomic mass is 79.9. The number of halogens is 1. The van der Waals surface area contributed by atoms with Gasteiger partial charge in [0.15, 0.2) is 0 Å². The Morgan fingerprint density at radius 1 is 1.39 bits per heavy atom. The molecule has 0 spiro atoms. The zero-order valence-corrected chi connectivity index (χ0v) is 13.0. The predicted octanol–water partition coefficient (Wildman–Crippen LogP) is 4.17. The van der Waals surface area contributed by atoms with Crippen LogP contribution in [0, 0.1) is 0 Å². The zero-order chi connectivity index (χ0) is 13.1. The van der Waals surface area contributed by atoms with Crippen molar-refractivity contribution in [3.63, 3.8) is 0 Å². The van der Waals surface area contributed by atoms with Gasteiger partial charge in [-0.3, -0.25) is 0 Å². The van der Waals surface area contributed by atoms with Crippen molar-refractivity contribution in [1.29, 1.82) is 0 Å². The highest BCUT2D eigenvalue weighted by molar-refractivity contribution is 9.10. The lowest BCUT2D eigenvalue weighted by molar-refractivity contribution is 0.812. The molecular weight excluding hydrogens is 308 g/mol. The van der Waals surface area contributed by atoms with Crippen LogP contribution in [0.15, 0.2) is 39.5 Å². The summed E-state index contributed by atoms with van der Waals surface area (Å²) < 4.78 is 1.08. The number of rotatable bonds is 4. The van der Waals surface area contributed by atoms with Gasteiger partial charge in [0, 0.05) is 29.8 Å². The fourth-order valence-electron chi connectivity index (χ4n) is 1.87. The van der Waals surface area contributed by atoms with Crippen molar-refractivity contribution < 1.29 is 0 Å². The predicted molar refractivity (Wildman–Crippen MR) is 83.2 cm³/mol. The van der Waals surface area contributed by atoms with Crippen LogP contribution in [0.25, 0.3) is 0 Å². The van der Waals surface area contributed by atoms with E-state index in [0.29, 0.717) is 0 Å². The standard InChI is InChI=1S/C14H17BrN2S/c1-10(16)13-4-3-12(7-14(13)15)17(2)8-11-5-6-18-9-11/h3-7,9-10H,8,16H2,1-2H3/t10-/m0/s1. The number of benzene rings is 1. The van der Waals surface area contributed by atoms with E-state index < -0.39 is 0 Å². The first-order chi connectivity index (χ1) is 8.58. The molecule has 1 atom stereocenters. The Balaban J connectivity index is 2.16. The van der Waals surface area contributed by atoms with Gasteiger partial charge in [0.05, 0.1) is 0 Å². The molecule has 0 bridgehead atoms. The first kappa shape index (κ1) is 13.6. The Morgan fingerprint density at radius 3 is 2.72 bits per heavy atom. The summed E-state index contributed by atoms with van der Waals surface area (Å²) >= 11 is 5.32. The SMILES string of the molecule is C[C@H](N)c1ccc(N(C)Cc2ccsc2)cc1Br. The summed E-state index contributed by atoms with van der Waals surface area (Å²) in [6.07, 6.45) is 0. The summed E-state index contributed by atoms with van der Waals surface area (Å²) in [5, 5.41) is 4.29. The second-order valence-corrected chi connectivity index (χ2v) is 6.12. The molecule has 0 unspecified atom stereocenters. The minimum atomic E-state index is 0.0515. The lowest BCUT2D eigenvalue weighted by atomic mass is 10.1. The smallest absolute Gasteiger partial charge is 0.0434 e. The van der Waals surface area contributed by atoms with Crippen molar-refractivity contribution in [2.45, 2.75) is 19.5 Å². The van der Waals surface area contributed by atoms with Crippen LogP contribution in [0.4, 0.5) is 5.69 Å². The minimum absolute atomic E-state index is 0.0515. The molecule has 0 aliphatic rings. The average Bonchev–Trinajstić information content (AvgIpc) is 2.81. The van der Waals surface area contributed by atoms with E-state index in [4.69, 9.17) is 5.73 Å². The maximum atomic E-state index is 5.91. The van der Waals surface area contributed by atoms with Gasteiger partial charge in [0.25, 0.3) is 0 Å². The summed E-state index contributed by atoms with van der Waals surface area (Å²) in [5.74, 6) is 0. The molecule has 18 heavy (non-hydrogen) atoms. The molecule has 0 fully saturated rings. The molecule has 0 saturated carbocycles. The topological polar surface area (TPSA) is 29.3 Å². The molecule has 0 aliphatic heterocycles. The Hall–Kier alpha value is -0.840. The number of nitrogens with zero attached hydrogens (tertiary/aromatic N) is 1. The van der Waals surface area contributed by atoms with E-state index in [1.54, 1.807) is 11.3 Å². The molecule has 2 rings (SSSR count). The second-order valence-electron chi connectivity index (χ2n) is 4.48. The van der Waals surface area contributed by atoms with Crippen LogP contribution in [0.1, 0.15) is 24.1 Å². The molecule has 2 nitrogen and oxygen atoms in total. The lowest BCUT2D eigenvalue weighted by Gasteiger charge is -2.20. The van der Waals surface area contributed by atoms with Crippen molar-refractivity contribution in [2.75, 3.05) is 11.9 Å². The van der Waals surface area contributed by atoms with Crippen LogP contribution >= 0.6 is 27.3 Å². The third-order valence-corrected chi connectivity index (χ3v) is 4.33. The van der Waals surface area contributed by atoms with Crippen LogP contribution < -0.4 is 10.6 Å². The Labute approximate surface area is 121 Å². The van der Waals surface area contributed by atoms with Crippen molar-refractivity contribution >= 4 is 33.0 Å². The number of hydrogen-bond acceptors (Lipinski definition) is 3. The Bertz CT molecular complexity index is 509. The van der Waals surface area contributed by atoms with Gasteiger partial charge in [-0.2, -0.15) is 11.3 Å². The molecule has 4 heteroatoms. The van der Waals surface area contributed by atoms with Crippen LogP contribution in [-0.2, 0) is 6.54 Å². The molecular formula is C14H17BrN2S. The van der Waals surface area contributed by atoms with Gasteiger partial charge in [0.2, 0.25) is 0 Å². The maximum Gasteiger partial charge on any atom is 0.0434 e. The Morgan fingerprint density at radius 2 is 2.17 bits per heavy atom. The van der Waals surface area contributed by atoms with Crippen LogP contribution in [0.3, 0.4) is 0 Å². The number of thiophene rings is 1. The molecule has 1 aromatic carbocycles. The monoisotopic (exact) mass is 324 g/mol. The Kier molecular flexibility index (Phi) is 4.43. The quantitative estimate of drug-likeness (QED) is 0.914. The fourth-order valence-corrected chi connectivity index (χ4v) is 3.26. The largest absolute Gasteiger partial charge is 0.370 e. The molecule has 0 saturated heterocycles. The van der Waals surface area contributed by atoms with Crippen molar-refractivity contribution in [3.05, 3.63) is 50.6 Å². The van der Waals surface area contributed by atoms with Gasteiger partial charge in [-0.1, -0.05) is 22.0 Å². The molecule has 0 radical (unpaired) electrons. The summed E-state index contributed by atoms with van der Waals surface area (Å²) in [5.41, 5.74) is 9.58. The summed E-state index contributed by atoms with van der Waals surface area (Å²) in [4.78, 5) is 2.23. The molecule has 96 valence electrons. The van der Waals surface area contributed by atoms with Gasteiger partial charge < -0.3 is 10.6 Å². The lowest BCUT2D eigenvalue weighted by Crippen LogP contribution is -2.16. The minimum Gasteiger partial charge on any atom is -0.370 e. The fraction of sp³-hybridized carbons (Fsp3) is 0.286. The molecule has 2 N–H and O–H groups in total. The molecule has 1 heterocycles. The molecule has 0 aliphatic carbocycles. The van der Waals surface area contributed by atoms with E-state index in [1.165, 1.54) is 11.3 Å². The van der Waals surface area contributed by atoms with E-state index >= 15 is 0 Å². The van der Waals surface area contributed by atoms with Gasteiger partial charge in [-0.15, -0.1) is 0 Å². The van der Waals surface area contributed by atoms with Crippen molar-refractivity contribution in [1.82, 2.24) is 0 Å². The average molecular weight is 325 g/mol. The highest BCUT2D eigenvalue weighted by Crippen LogP contribution is 2.27. The van der Waals surface area contributed by atoms with Gasteiger partial charge in [-0.05, 0) is 47.0 Å². The van der Waals surface area contributed by atoms with Crippen LogP contribution in [0.5, 0.6) is 0 Å². The number of hydrogen-bond donors (Lipinski definition) is 1. The van der Waals surface area contributed by atoms with Gasteiger partial charge in [0.1, 0.15) is 0 Å². The van der Waals surface area contributed by atoms with E-state index in [9.17, 15) is 0 Å². The van der Waals surface area contributed by atoms with Crippen molar-refractivity contribution in [2.24, 2.45) is 5.73 Å². The van der Waals surface area contributed by atoms with Crippen LogP contribution in [-0.4, -0.2) is 7.05 Å². The summed E-state index contributed by atoms with van der Waals surface area (Å²) in [6.45, 7) is 2.92. The normalized spacial score (nSPS) is 12.4. The van der Waals surface area contributed by atoms with E-state index in [1.807, 2.05) is 6.92 Å². The maximum absolute atomic E-state index is 5.91. The molecule has 1 aromatic heterocycles. The molecule has 0 amide bonds. The third kappa shape index (κ3) is 3.13. The van der Waals surface area contributed by atoms with Gasteiger partial charge in [-0.25, -0.2) is 0 Å². The summed E-state index contributed by atoms with van der Waals surface area (Å²) in [6, 6.07) is 8.55. The second kappa shape index (κ2) is 5.87. The summed E-state index contributed by atoms with van der Waals surface area (Å²) in [7, 11) is 2.10. The molecule has 2 aromatic rings. The first-order valence-corrected chi connectivity index (χ1v) is 7.58.